The molecule has 0 saturated carbocycles. The molecule has 92 valence electrons. The monoisotopic (exact) mass is 232 g/mol. The highest BCUT2D eigenvalue weighted by molar-refractivity contribution is 5.79. The number of hydrogen-bond donors (Lipinski definition) is 1. The van der Waals surface area contributed by atoms with E-state index in [2.05, 4.69) is 30.4 Å². The highest BCUT2D eigenvalue weighted by Gasteiger charge is 2.29. The Bertz CT molecular complexity index is 403. The summed E-state index contributed by atoms with van der Waals surface area (Å²) in [5.74, 6) is 0.207. The van der Waals surface area contributed by atoms with Crippen LogP contribution < -0.4 is 5.32 Å². The van der Waals surface area contributed by atoms with Gasteiger partial charge in [0.05, 0.1) is 12.6 Å². The van der Waals surface area contributed by atoms with Crippen molar-refractivity contribution in [1.82, 2.24) is 10.2 Å². The molecule has 0 spiro atoms. The minimum absolute atomic E-state index is 0.207. The van der Waals surface area contributed by atoms with Gasteiger partial charge in [-0.1, -0.05) is 24.3 Å². The maximum Gasteiger partial charge on any atom is 0.237 e. The fourth-order valence-electron chi connectivity index (χ4n) is 2.60. The first-order valence-electron chi connectivity index (χ1n) is 6.23. The summed E-state index contributed by atoms with van der Waals surface area (Å²) >= 11 is 0. The first-order chi connectivity index (χ1) is 8.24. The number of benzene rings is 1. The van der Waals surface area contributed by atoms with Gasteiger partial charge in [0, 0.05) is 6.54 Å². The molecule has 1 aromatic rings. The summed E-state index contributed by atoms with van der Waals surface area (Å²) < 4.78 is 0. The predicted molar refractivity (Wildman–Crippen MR) is 68.8 cm³/mol. The van der Waals surface area contributed by atoms with Crippen LogP contribution in [0.3, 0.4) is 0 Å². The van der Waals surface area contributed by atoms with Gasteiger partial charge in [-0.05, 0) is 37.9 Å². The Hall–Kier alpha value is -1.35. The average Bonchev–Trinajstić information content (AvgIpc) is 2.79. The highest BCUT2D eigenvalue weighted by atomic mass is 16.2. The van der Waals surface area contributed by atoms with E-state index in [9.17, 15) is 4.79 Å². The van der Waals surface area contributed by atoms with E-state index >= 15 is 0 Å². The summed E-state index contributed by atoms with van der Waals surface area (Å²) in [6, 6.07) is 8.64. The van der Waals surface area contributed by atoms with Gasteiger partial charge >= 0.3 is 0 Å². The van der Waals surface area contributed by atoms with Crippen LogP contribution in [0.5, 0.6) is 0 Å². The average molecular weight is 232 g/mol. The fraction of sp³-hybridized carbons (Fsp3) is 0.500. The minimum atomic E-state index is 0.207. The number of nitrogens with zero attached hydrogens (tertiary/aromatic N) is 1. The maximum absolute atomic E-state index is 12.0. The Labute approximate surface area is 103 Å². The third kappa shape index (κ3) is 2.50. The van der Waals surface area contributed by atoms with E-state index in [0.717, 1.165) is 19.4 Å². The van der Waals surface area contributed by atoms with Crippen molar-refractivity contribution in [2.24, 2.45) is 0 Å². The van der Waals surface area contributed by atoms with Crippen molar-refractivity contribution >= 4 is 5.91 Å². The van der Waals surface area contributed by atoms with Gasteiger partial charge in [-0.15, -0.1) is 0 Å². The van der Waals surface area contributed by atoms with Crippen LogP contribution in [-0.4, -0.2) is 30.9 Å². The molecule has 17 heavy (non-hydrogen) atoms. The van der Waals surface area contributed by atoms with E-state index in [1.807, 2.05) is 18.0 Å². The van der Waals surface area contributed by atoms with Crippen molar-refractivity contribution in [1.29, 1.82) is 0 Å². The molecule has 1 aliphatic heterocycles. The second kappa shape index (κ2) is 5.32. The summed E-state index contributed by atoms with van der Waals surface area (Å²) in [5.41, 5.74) is 2.58. The van der Waals surface area contributed by atoms with E-state index in [1.165, 1.54) is 11.1 Å². The molecule has 1 aromatic carbocycles. The molecule has 1 aliphatic rings. The van der Waals surface area contributed by atoms with Crippen LogP contribution in [0.4, 0.5) is 0 Å². The molecule has 3 heteroatoms. The third-order valence-corrected chi connectivity index (χ3v) is 3.45. The second-order valence-electron chi connectivity index (χ2n) is 4.63. The van der Waals surface area contributed by atoms with Gasteiger partial charge in [0.2, 0.25) is 5.91 Å². The first-order valence-corrected chi connectivity index (χ1v) is 6.23. The summed E-state index contributed by atoms with van der Waals surface area (Å²) in [5, 5.41) is 2.94. The molecule has 0 radical (unpaired) electrons. The minimum Gasteiger partial charge on any atom is -0.335 e. The van der Waals surface area contributed by atoms with Crippen LogP contribution in [0.15, 0.2) is 24.3 Å². The zero-order valence-corrected chi connectivity index (χ0v) is 10.6. The summed E-state index contributed by atoms with van der Waals surface area (Å²) in [7, 11) is 1.82. The van der Waals surface area contributed by atoms with Crippen LogP contribution in [0, 0.1) is 6.92 Å². The van der Waals surface area contributed by atoms with Crippen molar-refractivity contribution < 1.29 is 4.79 Å². The molecule has 1 saturated heterocycles. The van der Waals surface area contributed by atoms with Gasteiger partial charge in [0.25, 0.3) is 0 Å². The number of carbonyl (C=O) groups excluding carboxylic acids is 1. The number of likely N-dealkylation sites (N-methyl/N-ethyl adjacent to an activating group) is 1. The fourth-order valence-corrected chi connectivity index (χ4v) is 2.60. The van der Waals surface area contributed by atoms with Gasteiger partial charge in [-0.25, -0.2) is 0 Å². The lowest BCUT2D eigenvalue weighted by Gasteiger charge is -2.26. The zero-order chi connectivity index (χ0) is 12.3. The molecule has 1 fully saturated rings. The van der Waals surface area contributed by atoms with Gasteiger partial charge in [0.15, 0.2) is 0 Å². The van der Waals surface area contributed by atoms with Gasteiger partial charge in [0.1, 0.15) is 0 Å². The molecule has 0 unspecified atom stereocenters. The molecule has 3 nitrogen and oxygen atoms in total. The van der Waals surface area contributed by atoms with Crippen LogP contribution in [0.2, 0.25) is 0 Å². The van der Waals surface area contributed by atoms with Crippen LogP contribution in [-0.2, 0) is 4.79 Å². The topological polar surface area (TPSA) is 32.3 Å². The SMILES string of the molecule is CNCC(=O)N1CCC[C@H]1c1ccccc1C. The Morgan fingerprint density at radius 2 is 2.24 bits per heavy atom. The third-order valence-electron chi connectivity index (χ3n) is 3.45. The molecule has 0 aromatic heterocycles. The Balaban J connectivity index is 2.20. The Morgan fingerprint density at radius 1 is 1.47 bits per heavy atom. The molecule has 0 bridgehead atoms. The van der Waals surface area contributed by atoms with E-state index in [4.69, 9.17) is 0 Å². The summed E-state index contributed by atoms with van der Waals surface area (Å²) in [6.07, 6.45) is 2.19. The van der Waals surface area contributed by atoms with Crippen LogP contribution >= 0.6 is 0 Å². The normalized spacial score (nSPS) is 19.6. The maximum atomic E-state index is 12.0. The molecule has 0 aliphatic carbocycles. The summed E-state index contributed by atoms with van der Waals surface area (Å²) in [6.45, 7) is 3.44. The van der Waals surface area contributed by atoms with Crippen molar-refractivity contribution in [3.05, 3.63) is 35.4 Å². The summed E-state index contributed by atoms with van der Waals surface area (Å²) in [4.78, 5) is 14.0. The molecule has 2 rings (SSSR count). The van der Waals surface area contributed by atoms with E-state index < -0.39 is 0 Å². The van der Waals surface area contributed by atoms with Crippen molar-refractivity contribution in [2.75, 3.05) is 20.1 Å². The molecule has 1 atom stereocenters. The number of rotatable bonds is 3. The molecule has 1 amide bonds. The molecule has 1 N–H and O–H groups in total. The van der Waals surface area contributed by atoms with Gasteiger partial charge in [-0.3, -0.25) is 4.79 Å². The van der Waals surface area contributed by atoms with Crippen molar-refractivity contribution in [2.45, 2.75) is 25.8 Å². The smallest absolute Gasteiger partial charge is 0.237 e. The van der Waals surface area contributed by atoms with Crippen LogP contribution in [0.25, 0.3) is 0 Å². The Kier molecular flexibility index (Phi) is 3.79. The number of hydrogen-bond acceptors (Lipinski definition) is 2. The molecular formula is C14H20N2O. The number of likely N-dealkylation sites (tertiary alicyclic amines) is 1. The van der Waals surface area contributed by atoms with Crippen molar-refractivity contribution in [3.63, 3.8) is 0 Å². The standard InChI is InChI=1S/C14H20N2O/c1-11-6-3-4-7-12(11)13-8-5-9-16(13)14(17)10-15-2/h3-4,6-7,13,15H,5,8-10H2,1-2H3/t13-/m0/s1. The quantitative estimate of drug-likeness (QED) is 0.863. The highest BCUT2D eigenvalue weighted by Crippen LogP contribution is 2.33. The zero-order valence-electron chi connectivity index (χ0n) is 10.6. The van der Waals surface area contributed by atoms with E-state index in [-0.39, 0.29) is 11.9 Å². The lowest BCUT2D eigenvalue weighted by molar-refractivity contribution is -0.131. The van der Waals surface area contributed by atoms with E-state index in [0.29, 0.717) is 6.54 Å². The molecule has 1 heterocycles. The van der Waals surface area contributed by atoms with Crippen molar-refractivity contribution in [3.8, 4) is 0 Å². The second-order valence-corrected chi connectivity index (χ2v) is 4.63. The first kappa shape index (κ1) is 12.1. The number of amides is 1. The lowest BCUT2D eigenvalue weighted by Crippen LogP contribution is -2.36. The predicted octanol–water partition coefficient (Wildman–Crippen LogP) is 1.88. The Morgan fingerprint density at radius 3 is 2.94 bits per heavy atom. The van der Waals surface area contributed by atoms with Gasteiger partial charge < -0.3 is 10.2 Å². The van der Waals surface area contributed by atoms with Gasteiger partial charge in [-0.2, -0.15) is 0 Å². The number of nitrogens with one attached hydrogen (secondary N) is 1. The lowest BCUT2D eigenvalue weighted by atomic mass is 9.99. The van der Waals surface area contributed by atoms with E-state index in [1.54, 1.807) is 0 Å². The number of carbonyl (C=O) groups is 1. The number of aryl methyl sites for hydroxylation is 1. The largest absolute Gasteiger partial charge is 0.335 e. The van der Waals surface area contributed by atoms with Crippen LogP contribution in [0.1, 0.15) is 30.0 Å². The molecular weight excluding hydrogens is 212 g/mol.